The number of hydrogen-bond donors (Lipinski definition) is 1. The van der Waals surface area contributed by atoms with Gasteiger partial charge in [-0.2, -0.15) is 4.31 Å². The van der Waals surface area contributed by atoms with Crippen LogP contribution in [0, 0.1) is 19.7 Å². The minimum absolute atomic E-state index is 0.115. The van der Waals surface area contributed by atoms with E-state index in [0.717, 1.165) is 15.4 Å². The Bertz CT molecular complexity index is 1130. The zero-order valence-corrected chi connectivity index (χ0v) is 19.5. The number of anilines is 1. The summed E-state index contributed by atoms with van der Waals surface area (Å²) < 4.78 is 39.4. The van der Waals surface area contributed by atoms with Crippen LogP contribution in [0.3, 0.4) is 0 Å². The monoisotopic (exact) mass is 461 g/mol. The predicted octanol–water partition coefficient (Wildman–Crippen LogP) is 2.52. The first-order valence-corrected chi connectivity index (χ1v) is 12.0. The topological polar surface area (TPSA) is 86.8 Å². The maximum Gasteiger partial charge on any atom is 0.247 e. The Balaban J connectivity index is 1.99. The van der Waals surface area contributed by atoms with Crippen molar-refractivity contribution >= 4 is 27.5 Å². The molecular weight excluding hydrogens is 433 g/mol. The summed E-state index contributed by atoms with van der Waals surface area (Å²) in [5, 5.41) is 2.79. The molecule has 1 unspecified atom stereocenters. The highest BCUT2D eigenvalue weighted by molar-refractivity contribution is 7.89. The van der Waals surface area contributed by atoms with Gasteiger partial charge in [0.2, 0.25) is 21.8 Å². The number of amides is 2. The number of piperazine rings is 1. The summed E-state index contributed by atoms with van der Waals surface area (Å²) in [6.07, 6.45) is 0. The van der Waals surface area contributed by atoms with E-state index in [9.17, 15) is 22.4 Å². The Kier molecular flexibility index (Phi) is 6.71. The molecule has 0 radical (unpaired) electrons. The van der Waals surface area contributed by atoms with Crippen LogP contribution in [-0.2, 0) is 26.2 Å². The highest BCUT2D eigenvalue weighted by atomic mass is 32.2. The Hall–Kier alpha value is -2.78. The van der Waals surface area contributed by atoms with Crippen molar-refractivity contribution in [1.82, 2.24) is 9.62 Å². The van der Waals surface area contributed by atoms with Gasteiger partial charge in [0, 0.05) is 18.8 Å². The van der Waals surface area contributed by atoms with Crippen molar-refractivity contribution in [3.63, 3.8) is 0 Å². The minimum atomic E-state index is -3.69. The number of halogens is 1. The number of carbonyl (C=O) groups is 2. The van der Waals surface area contributed by atoms with Crippen LogP contribution < -0.4 is 10.2 Å². The molecular formula is C23H28FN3O4S. The quantitative estimate of drug-likeness (QED) is 0.716. The number of hydrogen-bond acceptors (Lipinski definition) is 4. The van der Waals surface area contributed by atoms with Gasteiger partial charge in [-0.05, 0) is 57.0 Å². The Labute approximate surface area is 188 Å². The molecule has 2 amide bonds. The van der Waals surface area contributed by atoms with E-state index in [1.807, 2.05) is 26.0 Å². The second-order valence-corrected chi connectivity index (χ2v) is 10.5. The molecule has 1 saturated heterocycles. The number of nitrogens with one attached hydrogen (secondary N) is 1. The average molecular weight is 462 g/mol. The molecule has 172 valence electrons. The molecule has 0 saturated carbocycles. The molecule has 0 aliphatic carbocycles. The molecule has 1 atom stereocenters. The lowest BCUT2D eigenvalue weighted by molar-refractivity contribution is -0.133. The van der Waals surface area contributed by atoms with Crippen LogP contribution in [0.15, 0.2) is 42.5 Å². The zero-order valence-electron chi connectivity index (χ0n) is 18.7. The van der Waals surface area contributed by atoms with Crippen LogP contribution in [-0.4, -0.2) is 48.9 Å². The lowest BCUT2D eigenvalue weighted by Gasteiger charge is -2.47. The van der Waals surface area contributed by atoms with Crippen LogP contribution in [0.25, 0.3) is 0 Å². The van der Waals surface area contributed by atoms with E-state index in [0.29, 0.717) is 11.3 Å². The molecule has 1 heterocycles. The largest absolute Gasteiger partial charge is 0.350 e. The fourth-order valence-corrected chi connectivity index (χ4v) is 5.07. The molecule has 7 nitrogen and oxygen atoms in total. The van der Waals surface area contributed by atoms with Crippen LogP contribution >= 0.6 is 0 Å². The van der Waals surface area contributed by atoms with Crippen molar-refractivity contribution in [3.8, 4) is 0 Å². The van der Waals surface area contributed by atoms with Gasteiger partial charge in [0.05, 0.1) is 12.3 Å². The summed E-state index contributed by atoms with van der Waals surface area (Å²) in [6.45, 7) is 6.47. The van der Waals surface area contributed by atoms with Crippen molar-refractivity contribution < 1.29 is 22.4 Å². The maximum absolute atomic E-state index is 13.4. The van der Waals surface area contributed by atoms with E-state index in [2.05, 4.69) is 5.32 Å². The highest BCUT2D eigenvalue weighted by Crippen LogP contribution is 2.33. The van der Waals surface area contributed by atoms with Gasteiger partial charge in [-0.3, -0.25) is 14.5 Å². The number of nitrogens with zero attached hydrogens (tertiary/aromatic N) is 2. The summed E-state index contributed by atoms with van der Waals surface area (Å²) in [6, 6.07) is 11.2. The van der Waals surface area contributed by atoms with E-state index in [4.69, 9.17) is 0 Å². The van der Waals surface area contributed by atoms with Gasteiger partial charge in [-0.15, -0.1) is 0 Å². The number of sulfonamides is 1. The zero-order chi connectivity index (χ0) is 23.7. The second kappa shape index (κ2) is 8.99. The van der Waals surface area contributed by atoms with Crippen molar-refractivity contribution in [3.05, 3.63) is 65.0 Å². The standard InChI is InChI=1S/C23H28FN3O4S/c1-5-32(30,31)26-14-21(28)27(20-11-6-16(2)12-17(20)3)23(4,15-26)22(29)25-13-18-7-9-19(24)10-8-18/h6-12H,5,13-15H2,1-4H3,(H,25,29). The van der Waals surface area contributed by atoms with Crippen LogP contribution in [0.5, 0.6) is 0 Å². The molecule has 0 spiro atoms. The second-order valence-electron chi connectivity index (χ2n) is 8.27. The molecule has 32 heavy (non-hydrogen) atoms. The summed E-state index contributed by atoms with van der Waals surface area (Å²) in [5.74, 6) is -1.52. The van der Waals surface area contributed by atoms with Crippen molar-refractivity contribution in [2.75, 3.05) is 23.7 Å². The third kappa shape index (κ3) is 4.68. The van der Waals surface area contributed by atoms with E-state index in [1.54, 1.807) is 25.1 Å². The van der Waals surface area contributed by atoms with Crippen molar-refractivity contribution in [2.45, 2.75) is 39.8 Å². The first-order valence-electron chi connectivity index (χ1n) is 10.4. The first-order chi connectivity index (χ1) is 15.0. The Morgan fingerprint density at radius 2 is 1.81 bits per heavy atom. The molecule has 1 fully saturated rings. The number of benzene rings is 2. The Morgan fingerprint density at radius 3 is 2.41 bits per heavy atom. The van der Waals surface area contributed by atoms with Gasteiger partial charge in [-0.1, -0.05) is 29.8 Å². The maximum atomic E-state index is 13.4. The molecule has 3 rings (SSSR count). The van der Waals surface area contributed by atoms with Gasteiger partial charge in [-0.25, -0.2) is 12.8 Å². The number of rotatable bonds is 6. The van der Waals surface area contributed by atoms with Gasteiger partial charge < -0.3 is 5.32 Å². The molecule has 9 heteroatoms. The van der Waals surface area contributed by atoms with Gasteiger partial charge >= 0.3 is 0 Å². The van der Waals surface area contributed by atoms with E-state index in [1.165, 1.54) is 24.0 Å². The minimum Gasteiger partial charge on any atom is -0.350 e. The van der Waals surface area contributed by atoms with Crippen molar-refractivity contribution in [2.24, 2.45) is 0 Å². The highest BCUT2D eigenvalue weighted by Gasteiger charge is 2.50. The normalized spacial score (nSPS) is 19.8. The molecule has 2 aromatic carbocycles. The van der Waals surface area contributed by atoms with Crippen LogP contribution in [0.1, 0.15) is 30.5 Å². The van der Waals surface area contributed by atoms with Gasteiger partial charge in [0.15, 0.2) is 0 Å². The SMILES string of the molecule is CCS(=O)(=O)N1CC(=O)N(c2ccc(C)cc2C)C(C)(C(=O)NCc2ccc(F)cc2)C1. The van der Waals surface area contributed by atoms with Gasteiger partial charge in [0.25, 0.3) is 0 Å². The molecule has 2 aromatic rings. The predicted molar refractivity (Wildman–Crippen MR) is 121 cm³/mol. The lowest BCUT2D eigenvalue weighted by atomic mass is 9.93. The average Bonchev–Trinajstić information content (AvgIpc) is 2.74. The summed E-state index contributed by atoms with van der Waals surface area (Å²) in [5.41, 5.74) is 1.59. The fourth-order valence-electron chi connectivity index (χ4n) is 3.95. The molecule has 1 aliphatic rings. The van der Waals surface area contributed by atoms with Crippen LogP contribution in [0.4, 0.5) is 10.1 Å². The molecule has 1 N–H and O–H groups in total. The summed E-state index contributed by atoms with van der Waals surface area (Å²) in [4.78, 5) is 28.1. The summed E-state index contributed by atoms with van der Waals surface area (Å²) >= 11 is 0. The molecule has 0 bridgehead atoms. The fraction of sp³-hybridized carbons (Fsp3) is 0.391. The van der Waals surface area contributed by atoms with E-state index in [-0.39, 0.29) is 31.2 Å². The van der Waals surface area contributed by atoms with E-state index < -0.39 is 27.4 Å². The summed E-state index contributed by atoms with van der Waals surface area (Å²) in [7, 11) is -3.69. The van der Waals surface area contributed by atoms with Gasteiger partial charge in [0.1, 0.15) is 11.4 Å². The number of aryl methyl sites for hydroxylation is 2. The molecule has 1 aliphatic heterocycles. The number of carbonyl (C=O) groups excluding carboxylic acids is 2. The Morgan fingerprint density at radius 1 is 1.16 bits per heavy atom. The molecule has 0 aromatic heterocycles. The third-order valence-corrected chi connectivity index (χ3v) is 7.52. The van der Waals surface area contributed by atoms with Crippen LogP contribution in [0.2, 0.25) is 0 Å². The first kappa shape index (κ1) is 23.9. The smallest absolute Gasteiger partial charge is 0.247 e. The lowest BCUT2D eigenvalue weighted by Crippen LogP contribution is -2.70. The van der Waals surface area contributed by atoms with E-state index >= 15 is 0 Å². The van der Waals surface area contributed by atoms with Crippen molar-refractivity contribution in [1.29, 1.82) is 0 Å². The third-order valence-electron chi connectivity index (χ3n) is 5.75.